The van der Waals surface area contributed by atoms with Crippen molar-refractivity contribution in [3.63, 3.8) is 0 Å². The number of carbonyl (C=O) groups is 1. The maximum absolute atomic E-state index is 12.4. The van der Waals surface area contributed by atoms with Gasteiger partial charge in [-0.25, -0.2) is 17.7 Å². The van der Waals surface area contributed by atoms with Crippen molar-refractivity contribution in [3.8, 4) is 0 Å². The van der Waals surface area contributed by atoms with Gasteiger partial charge in [-0.05, 0) is 40.5 Å². The first-order valence-electron chi connectivity index (χ1n) is 7.96. The number of sulfonamides is 1. The molecule has 23 heavy (non-hydrogen) atoms. The lowest BCUT2D eigenvalue weighted by atomic mass is 9.97. The zero-order chi connectivity index (χ0) is 17.2. The molecule has 1 aliphatic heterocycles. The summed E-state index contributed by atoms with van der Waals surface area (Å²) in [5, 5.41) is 4.05. The molecule has 1 atom stereocenters. The zero-order valence-electron chi connectivity index (χ0n) is 14.1. The van der Waals surface area contributed by atoms with Crippen LogP contribution in [0.5, 0.6) is 0 Å². The molecule has 1 N–H and O–H groups in total. The van der Waals surface area contributed by atoms with Crippen LogP contribution in [0.25, 0.3) is 0 Å². The van der Waals surface area contributed by atoms with Crippen LogP contribution in [0.1, 0.15) is 48.3 Å². The van der Waals surface area contributed by atoms with Crippen LogP contribution in [0.2, 0.25) is 0 Å². The molecule has 1 saturated heterocycles. The topological polar surface area (TPSA) is 79.4 Å². The smallest absolute Gasteiger partial charge is 0.223 e. The quantitative estimate of drug-likeness (QED) is 0.872. The fourth-order valence-corrected chi connectivity index (χ4v) is 4.99. The second-order valence-corrected chi connectivity index (χ2v) is 9.48. The van der Waals surface area contributed by atoms with E-state index in [1.54, 1.807) is 18.3 Å². The van der Waals surface area contributed by atoms with Crippen LogP contribution < -0.4 is 5.32 Å². The highest BCUT2D eigenvalue weighted by Crippen LogP contribution is 2.26. The fraction of sp³-hybridized carbons (Fsp3) is 0.733. The van der Waals surface area contributed by atoms with Gasteiger partial charge in [0, 0.05) is 23.9 Å². The van der Waals surface area contributed by atoms with Gasteiger partial charge >= 0.3 is 0 Å². The number of hydrogen-bond acceptors (Lipinski definition) is 5. The van der Waals surface area contributed by atoms with Crippen LogP contribution in [0.15, 0.2) is 0 Å². The maximum atomic E-state index is 12.4. The van der Waals surface area contributed by atoms with E-state index in [4.69, 9.17) is 0 Å². The molecule has 0 spiro atoms. The number of piperidine rings is 1. The van der Waals surface area contributed by atoms with Gasteiger partial charge in [0.1, 0.15) is 0 Å². The largest absolute Gasteiger partial charge is 0.348 e. The molecule has 8 heteroatoms. The van der Waals surface area contributed by atoms with Gasteiger partial charge in [-0.2, -0.15) is 0 Å². The summed E-state index contributed by atoms with van der Waals surface area (Å²) in [7, 11) is -3.14. The van der Waals surface area contributed by atoms with E-state index in [0.717, 1.165) is 15.6 Å². The molecule has 130 valence electrons. The summed E-state index contributed by atoms with van der Waals surface area (Å²) in [5.74, 6) is 0.0110. The van der Waals surface area contributed by atoms with E-state index in [1.165, 1.54) is 4.31 Å². The van der Waals surface area contributed by atoms with Gasteiger partial charge in [-0.15, -0.1) is 11.3 Å². The standard InChI is InChI=1S/C15H25N3O3S2/c1-5-23(20,21)18-8-6-13(7-9-18)15(19)17-11(3)14-10(2)16-12(4)22-14/h11,13H,5-9H2,1-4H3,(H,17,19). The van der Waals surface area contributed by atoms with Crippen molar-refractivity contribution in [2.45, 2.75) is 46.6 Å². The molecule has 2 rings (SSSR count). The van der Waals surface area contributed by atoms with Crippen molar-refractivity contribution in [2.75, 3.05) is 18.8 Å². The molecule has 1 aromatic heterocycles. The molecule has 2 heterocycles. The molecule has 1 aromatic rings. The lowest BCUT2D eigenvalue weighted by Crippen LogP contribution is -2.43. The number of thiazole rings is 1. The Hall–Kier alpha value is -0.990. The van der Waals surface area contributed by atoms with Crippen molar-refractivity contribution >= 4 is 27.3 Å². The molecule has 0 saturated carbocycles. The van der Waals surface area contributed by atoms with E-state index < -0.39 is 10.0 Å². The normalized spacial score (nSPS) is 18.8. The van der Waals surface area contributed by atoms with E-state index in [2.05, 4.69) is 10.3 Å². The van der Waals surface area contributed by atoms with Gasteiger partial charge in [0.05, 0.1) is 22.5 Å². The minimum absolute atomic E-state index is 0.0106. The first kappa shape index (κ1) is 18.4. The second-order valence-electron chi connectivity index (χ2n) is 5.99. The maximum Gasteiger partial charge on any atom is 0.223 e. The highest BCUT2D eigenvalue weighted by atomic mass is 32.2. The minimum Gasteiger partial charge on any atom is -0.348 e. The molecule has 0 radical (unpaired) electrons. The van der Waals surface area contributed by atoms with Crippen LogP contribution in [-0.4, -0.2) is 42.5 Å². The summed E-state index contributed by atoms with van der Waals surface area (Å²) in [6.07, 6.45) is 1.16. The van der Waals surface area contributed by atoms with Gasteiger partial charge in [0.2, 0.25) is 15.9 Å². The fourth-order valence-electron chi connectivity index (χ4n) is 2.92. The van der Waals surface area contributed by atoms with Crippen LogP contribution in [0.4, 0.5) is 0 Å². The Bertz CT molecular complexity index is 662. The van der Waals surface area contributed by atoms with Gasteiger partial charge < -0.3 is 5.32 Å². The summed E-state index contributed by atoms with van der Waals surface area (Å²) in [6.45, 7) is 8.39. The highest BCUT2D eigenvalue weighted by Gasteiger charge is 2.30. The van der Waals surface area contributed by atoms with Crippen molar-refractivity contribution in [3.05, 3.63) is 15.6 Å². The van der Waals surface area contributed by atoms with E-state index >= 15 is 0 Å². The van der Waals surface area contributed by atoms with Crippen molar-refractivity contribution in [1.82, 2.24) is 14.6 Å². The third kappa shape index (κ3) is 4.30. The monoisotopic (exact) mass is 359 g/mol. The molecular weight excluding hydrogens is 334 g/mol. The van der Waals surface area contributed by atoms with Crippen LogP contribution in [0.3, 0.4) is 0 Å². The van der Waals surface area contributed by atoms with Gasteiger partial charge in [0.25, 0.3) is 0 Å². The molecule has 1 unspecified atom stereocenters. The second kappa shape index (κ2) is 7.27. The van der Waals surface area contributed by atoms with Crippen molar-refractivity contribution < 1.29 is 13.2 Å². The van der Waals surface area contributed by atoms with E-state index in [9.17, 15) is 13.2 Å². The number of nitrogens with one attached hydrogen (secondary N) is 1. The molecule has 0 aliphatic carbocycles. The summed E-state index contributed by atoms with van der Waals surface area (Å²) < 4.78 is 25.2. The number of amides is 1. The lowest BCUT2D eigenvalue weighted by Gasteiger charge is -2.30. The summed E-state index contributed by atoms with van der Waals surface area (Å²) in [5.41, 5.74) is 0.962. The number of hydrogen-bond donors (Lipinski definition) is 1. The third-order valence-electron chi connectivity index (χ3n) is 4.27. The molecule has 0 bridgehead atoms. The number of nitrogens with zero attached hydrogens (tertiary/aromatic N) is 2. The molecule has 6 nitrogen and oxygen atoms in total. The Morgan fingerprint density at radius 1 is 1.39 bits per heavy atom. The van der Waals surface area contributed by atoms with Gasteiger partial charge in [0.15, 0.2) is 0 Å². The Morgan fingerprint density at radius 2 is 2.00 bits per heavy atom. The Kier molecular flexibility index (Phi) is 5.80. The molecule has 0 aromatic carbocycles. The summed E-state index contributed by atoms with van der Waals surface area (Å²) in [4.78, 5) is 17.9. The van der Waals surface area contributed by atoms with Crippen LogP contribution >= 0.6 is 11.3 Å². The number of carbonyl (C=O) groups excluding carboxylic acids is 1. The first-order valence-corrected chi connectivity index (χ1v) is 10.4. The number of aromatic nitrogens is 1. The molecule has 1 aliphatic rings. The molecule has 1 fully saturated rings. The van der Waals surface area contributed by atoms with Gasteiger partial charge in [-0.1, -0.05) is 0 Å². The third-order valence-corrected chi connectivity index (χ3v) is 7.41. The average molecular weight is 360 g/mol. The average Bonchev–Trinajstić information content (AvgIpc) is 2.86. The van der Waals surface area contributed by atoms with Gasteiger partial charge in [-0.3, -0.25) is 4.79 Å². The predicted octanol–water partition coefficient (Wildman–Crippen LogP) is 2.00. The van der Waals surface area contributed by atoms with E-state index in [1.807, 2.05) is 20.8 Å². The van der Waals surface area contributed by atoms with Crippen LogP contribution in [0, 0.1) is 19.8 Å². The van der Waals surface area contributed by atoms with E-state index in [-0.39, 0.29) is 23.6 Å². The molecular formula is C15H25N3O3S2. The Labute approximate surface area is 142 Å². The summed E-state index contributed by atoms with van der Waals surface area (Å²) >= 11 is 1.60. The van der Waals surface area contributed by atoms with Crippen molar-refractivity contribution in [1.29, 1.82) is 0 Å². The number of rotatable bonds is 5. The Morgan fingerprint density at radius 3 is 2.48 bits per heavy atom. The van der Waals surface area contributed by atoms with Crippen LogP contribution in [-0.2, 0) is 14.8 Å². The first-order chi connectivity index (χ1) is 10.7. The minimum atomic E-state index is -3.14. The zero-order valence-corrected chi connectivity index (χ0v) is 15.8. The molecule has 1 amide bonds. The lowest BCUT2D eigenvalue weighted by molar-refractivity contribution is -0.126. The highest BCUT2D eigenvalue weighted by molar-refractivity contribution is 7.89. The predicted molar refractivity (Wildman–Crippen MR) is 91.9 cm³/mol. The Balaban J connectivity index is 1.92. The van der Waals surface area contributed by atoms with Crippen molar-refractivity contribution in [2.24, 2.45) is 5.92 Å². The van der Waals surface area contributed by atoms with E-state index in [0.29, 0.717) is 25.9 Å². The SMILES string of the molecule is CCS(=O)(=O)N1CCC(C(=O)NC(C)c2sc(C)nc2C)CC1. The number of aryl methyl sites for hydroxylation is 2. The summed E-state index contributed by atoms with van der Waals surface area (Å²) in [6, 6.07) is -0.0638.